The van der Waals surface area contributed by atoms with Crippen molar-refractivity contribution in [3.63, 3.8) is 0 Å². The van der Waals surface area contributed by atoms with Crippen LogP contribution in [0.4, 0.5) is 0 Å². The van der Waals surface area contributed by atoms with Crippen LogP contribution in [0.3, 0.4) is 0 Å². The first kappa shape index (κ1) is 14.4. The van der Waals surface area contributed by atoms with Crippen LogP contribution >= 0.6 is 0 Å². The van der Waals surface area contributed by atoms with Gasteiger partial charge in [-0.05, 0) is 31.0 Å². The van der Waals surface area contributed by atoms with Crippen LogP contribution < -0.4 is 0 Å². The SMILES string of the molecule is Cc1cccc(-c2nc(-c3cccc(O)c3)[nH]c2C(C)C)c1. The van der Waals surface area contributed by atoms with E-state index in [1.165, 1.54) is 5.56 Å². The molecule has 0 amide bonds. The van der Waals surface area contributed by atoms with Crippen LogP contribution in [0.15, 0.2) is 48.5 Å². The van der Waals surface area contributed by atoms with Gasteiger partial charge in [-0.25, -0.2) is 4.98 Å². The zero-order valence-corrected chi connectivity index (χ0v) is 13.1. The lowest BCUT2D eigenvalue weighted by molar-refractivity contribution is 0.475. The van der Waals surface area contributed by atoms with Gasteiger partial charge in [-0.2, -0.15) is 0 Å². The number of imidazole rings is 1. The Hall–Kier alpha value is -2.55. The summed E-state index contributed by atoms with van der Waals surface area (Å²) in [7, 11) is 0. The summed E-state index contributed by atoms with van der Waals surface area (Å²) in [4.78, 5) is 8.21. The molecule has 0 aliphatic carbocycles. The monoisotopic (exact) mass is 292 g/mol. The van der Waals surface area contributed by atoms with Crippen molar-refractivity contribution in [1.82, 2.24) is 9.97 Å². The number of aromatic hydroxyl groups is 1. The highest BCUT2D eigenvalue weighted by Crippen LogP contribution is 2.31. The lowest BCUT2D eigenvalue weighted by Gasteiger charge is -2.06. The molecule has 3 nitrogen and oxygen atoms in total. The maximum atomic E-state index is 9.67. The zero-order valence-electron chi connectivity index (χ0n) is 13.1. The van der Waals surface area contributed by atoms with E-state index in [9.17, 15) is 5.11 Å². The molecular formula is C19H20N2O. The van der Waals surface area contributed by atoms with Gasteiger partial charge in [0.25, 0.3) is 0 Å². The van der Waals surface area contributed by atoms with Gasteiger partial charge in [-0.1, -0.05) is 49.7 Å². The Morgan fingerprint density at radius 1 is 1.00 bits per heavy atom. The number of aryl methyl sites for hydroxylation is 1. The second kappa shape index (κ2) is 5.68. The van der Waals surface area contributed by atoms with Gasteiger partial charge in [0.2, 0.25) is 0 Å². The fourth-order valence-electron chi connectivity index (χ4n) is 2.61. The molecule has 0 saturated heterocycles. The molecule has 0 unspecified atom stereocenters. The van der Waals surface area contributed by atoms with E-state index in [-0.39, 0.29) is 5.75 Å². The molecule has 3 aromatic rings. The summed E-state index contributed by atoms with van der Waals surface area (Å²) in [6, 6.07) is 15.5. The van der Waals surface area contributed by atoms with Gasteiger partial charge in [0.1, 0.15) is 11.6 Å². The molecule has 0 radical (unpaired) electrons. The summed E-state index contributed by atoms with van der Waals surface area (Å²) in [6.45, 7) is 6.39. The highest BCUT2D eigenvalue weighted by molar-refractivity contribution is 5.69. The van der Waals surface area contributed by atoms with Crippen molar-refractivity contribution < 1.29 is 5.11 Å². The molecule has 1 aromatic heterocycles. The Labute approximate surface area is 130 Å². The molecule has 0 aliphatic heterocycles. The number of rotatable bonds is 3. The first-order valence-corrected chi connectivity index (χ1v) is 7.51. The van der Waals surface area contributed by atoms with Crippen LogP contribution in [0.2, 0.25) is 0 Å². The maximum Gasteiger partial charge on any atom is 0.138 e. The molecule has 1 heterocycles. The number of aromatic nitrogens is 2. The third kappa shape index (κ3) is 2.75. The summed E-state index contributed by atoms with van der Waals surface area (Å²) in [5.74, 6) is 1.38. The first-order valence-electron chi connectivity index (χ1n) is 7.51. The van der Waals surface area contributed by atoms with Crippen molar-refractivity contribution >= 4 is 0 Å². The topological polar surface area (TPSA) is 48.9 Å². The van der Waals surface area contributed by atoms with Crippen molar-refractivity contribution in [3.8, 4) is 28.4 Å². The minimum atomic E-state index is 0.247. The predicted molar refractivity (Wildman–Crippen MR) is 90.0 cm³/mol. The first-order chi connectivity index (χ1) is 10.5. The number of phenols is 1. The number of aromatic amines is 1. The maximum absolute atomic E-state index is 9.67. The van der Waals surface area contributed by atoms with Crippen LogP contribution in [0.25, 0.3) is 22.6 Å². The van der Waals surface area contributed by atoms with Crippen molar-refractivity contribution in [3.05, 3.63) is 59.8 Å². The molecule has 112 valence electrons. The Balaban J connectivity index is 2.14. The summed E-state index contributed by atoms with van der Waals surface area (Å²) < 4.78 is 0. The van der Waals surface area contributed by atoms with E-state index in [0.29, 0.717) is 5.92 Å². The van der Waals surface area contributed by atoms with Crippen molar-refractivity contribution in [2.24, 2.45) is 0 Å². The highest BCUT2D eigenvalue weighted by Gasteiger charge is 2.16. The summed E-state index contributed by atoms with van der Waals surface area (Å²) >= 11 is 0. The van der Waals surface area contributed by atoms with Crippen molar-refractivity contribution in [1.29, 1.82) is 0 Å². The molecular weight excluding hydrogens is 272 g/mol. The van der Waals surface area contributed by atoms with E-state index >= 15 is 0 Å². The Morgan fingerprint density at radius 2 is 1.73 bits per heavy atom. The lowest BCUT2D eigenvalue weighted by atomic mass is 10.0. The fraction of sp³-hybridized carbons (Fsp3) is 0.211. The van der Waals surface area contributed by atoms with Crippen LogP contribution in [0, 0.1) is 6.92 Å². The smallest absolute Gasteiger partial charge is 0.138 e. The number of hydrogen-bond donors (Lipinski definition) is 2. The fourth-order valence-corrected chi connectivity index (χ4v) is 2.61. The van der Waals surface area contributed by atoms with E-state index < -0.39 is 0 Å². The van der Waals surface area contributed by atoms with Gasteiger partial charge in [-0.15, -0.1) is 0 Å². The van der Waals surface area contributed by atoms with Gasteiger partial charge in [0.05, 0.1) is 5.69 Å². The normalized spacial score (nSPS) is 11.1. The number of benzene rings is 2. The van der Waals surface area contributed by atoms with Crippen LogP contribution in [-0.4, -0.2) is 15.1 Å². The second-order valence-corrected chi connectivity index (χ2v) is 5.92. The number of phenolic OH excluding ortho intramolecular Hbond substituents is 1. The Morgan fingerprint density at radius 3 is 2.41 bits per heavy atom. The molecule has 2 N–H and O–H groups in total. The van der Waals surface area contributed by atoms with Crippen molar-refractivity contribution in [2.75, 3.05) is 0 Å². The summed E-state index contributed by atoms with van der Waals surface area (Å²) in [5.41, 5.74) is 5.32. The Kier molecular flexibility index (Phi) is 3.72. The van der Waals surface area contributed by atoms with Gasteiger partial charge < -0.3 is 10.1 Å². The molecule has 0 aliphatic rings. The van der Waals surface area contributed by atoms with E-state index in [1.54, 1.807) is 12.1 Å². The molecule has 3 heteroatoms. The third-order valence-electron chi connectivity index (χ3n) is 3.72. The lowest BCUT2D eigenvalue weighted by Crippen LogP contribution is -1.91. The van der Waals surface area contributed by atoms with Crippen LogP contribution in [0.5, 0.6) is 5.75 Å². The quantitative estimate of drug-likeness (QED) is 0.722. The average Bonchev–Trinajstić information content (AvgIpc) is 2.92. The van der Waals surface area contributed by atoms with Gasteiger partial charge >= 0.3 is 0 Å². The van der Waals surface area contributed by atoms with Gasteiger partial charge in [0, 0.05) is 16.8 Å². The van der Waals surface area contributed by atoms with E-state index in [4.69, 9.17) is 4.98 Å². The molecule has 0 saturated carbocycles. The van der Waals surface area contributed by atoms with E-state index in [0.717, 1.165) is 28.3 Å². The van der Waals surface area contributed by atoms with Crippen molar-refractivity contribution in [2.45, 2.75) is 26.7 Å². The van der Waals surface area contributed by atoms with Crippen LogP contribution in [0.1, 0.15) is 31.0 Å². The summed E-state index contributed by atoms with van der Waals surface area (Å²) in [5, 5.41) is 9.67. The standard InChI is InChI=1S/C19H20N2O/c1-12(2)17-18(14-7-4-6-13(3)10-14)21-19(20-17)15-8-5-9-16(22)11-15/h4-12,22H,1-3H3,(H,20,21). The second-order valence-electron chi connectivity index (χ2n) is 5.92. The van der Waals surface area contributed by atoms with E-state index in [2.05, 4.69) is 50.0 Å². The number of nitrogens with zero attached hydrogens (tertiary/aromatic N) is 1. The largest absolute Gasteiger partial charge is 0.508 e. The molecule has 22 heavy (non-hydrogen) atoms. The highest BCUT2D eigenvalue weighted by atomic mass is 16.3. The zero-order chi connectivity index (χ0) is 15.7. The van der Waals surface area contributed by atoms with Gasteiger partial charge in [0.15, 0.2) is 0 Å². The minimum Gasteiger partial charge on any atom is -0.508 e. The number of nitrogens with one attached hydrogen (secondary N) is 1. The predicted octanol–water partition coefficient (Wildman–Crippen LogP) is 4.88. The minimum absolute atomic E-state index is 0.247. The molecule has 0 bridgehead atoms. The number of H-pyrrole nitrogens is 1. The Bertz CT molecular complexity index is 803. The molecule has 0 fully saturated rings. The molecule has 3 rings (SSSR count). The number of hydrogen-bond acceptors (Lipinski definition) is 2. The molecule has 0 atom stereocenters. The van der Waals surface area contributed by atoms with Crippen LogP contribution in [-0.2, 0) is 0 Å². The summed E-state index contributed by atoms with van der Waals surface area (Å²) in [6.07, 6.45) is 0. The average molecular weight is 292 g/mol. The van der Waals surface area contributed by atoms with E-state index in [1.807, 2.05) is 12.1 Å². The van der Waals surface area contributed by atoms with Gasteiger partial charge in [-0.3, -0.25) is 0 Å². The molecule has 2 aromatic carbocycles. The molecule has 0 spiro atoms. The third-order valence-corrected chi connectivity index (χ3v) is 3.72.